The molecule has 2 atom stereocenters. The molecular weight excluding hydrogens is 741 g/mol. The first-order chi connectivity index (χ1) is 30.2. The second-order valence-electron chi connectivity index (χ2n) is 16.3. The number of aryl methyl sites for hydroxylation is 1. The lowest BCUT2D eigenvalue weighted by Crippen LogP contribution is -2.25. The van der Waals surface area contributed by atoms with Gasteiger partial charge in [-0.1, -0.05) is 140 Å². The quantitative estimate of drug-likeness (QED) is 0.0869. The van der Waals surface area contributed by atoms with Crippen molar-refractivity contribution in [1.82, 2.24) is 10.6 Å². The molecule has 5 aromatic rings. The molecule has 1 aliphatic heterocycles. The molecule has 0 bridgehead atoms. The summed E-state index contributed by atoms with van der Waals surface area (Å²) in [4.78, 5) is 6.67. The van der Waals surface area contributed by atoms with Crippen LogP contribution >= 0.6 is 0 Å². The minimum absolute atomic E-state index is 0.207. The fourth-order valence-corrected chi connectivity index (χ4v) is 8.79. The van der Waals surface area contributed by atoms with Gasteiger partial charge in [0.05, 0.1) is 12.1 Å². The molecule has 4 nitrogen and oxygen atoms in total. The fourth-order valence-electron chi connectivity index (χ4n) is 8.79. The highest BCUT2D eigenvalue weighted by atomic mass is 15.1. The molecule has 4 aliphatic rings. The van der Waals surface area contributed by atoms with E-state index >= 15 is 0 Å². The highest BCUT2D eigenvalue weighted by molar-refractivity contribution is 5.79. The Kier molecular flexibility index (Phi) is 12.3. The molecular formula is C57H54N4. The summed E-state index contributed by atoms with van der Waals surface area (Å²) in [5.41, 5.74) is 17.5. The van der Waals surface area contributed by atoms with Crippen molar-refractivity contribution in [3.05, 3.63) is 228 Å². The predicted molar refractivity (Wildman–Crippen MR) is 259 cm³/mol. The number of benzene rings is 5. The zero-order chi connectivity index (χ0) is 41.2. The molecule has 2 unspecified atom stereocenters. The summed E-state index contributed by atoms with van der Waals surface area (Å²) in [7, 11) is 0. The van der Waals surface area contributed by atoms with Crippen molar-refractivity contribution in [3.63, 3.8) is 0 Å². The molecule has 0 spiro atoms. The summed E-state index contributed by atoms with van der Waals surface area (Å²) in [6.07, 6.45) is 32.8. The Balaban J connectivity index is 0.866. The van der Waals surface area contributed by atoms with Gasteiger partial charge in [0, 0.05) is 34.7 Å². The molecule has 302 valence electrons. The maximum absolute atomic E-state index is 4.34. The second-order valence-corrected chi connectivity index (χ2v) is 16.3. The van der Waals surface area contributed by atoms with E-state index in [1.165, 1.54) is 55.9 Å². The molecule has 0 amide bonds. The van der Waals surface area contributed by atoms with Gasteiger partial charge in [-0.2, -0.15) is 0 Å². The van der Waals surface area contributed by atoms with Crippen LogP contribution in [0.3, 0.4) is 0 Å². The zero-order valence-electron chi connectivity index (χ0n) is 34.9. The van der Waals surface area contributed by atoms with Crippen LogP contribution < -0.4 is 15.5 Å². The van der Waals surface area contributed by atoms with E-state index in [9.17, 15) is 0 Å². The van der Waals surface area contributed by atoms with Crippen molar-refractivity contribution < 1.29 is 0 Å². The van der Waals surface area contributed by atoms with E-state index in [0.29, 0.717) is 0 Å². The molecule has 2 N–H and O–H groups in total. The minimum atomic E-state index is 0.207. The van der Waals surface area contributed by atoms with Gasteiger partial charge in [0.2, 0.25) is 0 Å². The lowest BCUT2D eigenvalue weighted by atomic mass is 9.93. The van der Waals surface area contributed by atoms with Crippen LogP contribution in [0.5, 0.6) is 0 Å². The summed E-state index contributed by atoms with van der Waals surface area (Å²) < 4.78 is 0. The van der Waals surface area contributed by atoms with E-state index in [2.05, 4.69) is 222 Å². The van der Waals surface area contributed by atoms with Crippen LogP contribution in [0.25, 0.3) is 28.3 Å². The first-order valence-corrected chi connectivity index (χ1v) is 21.9. The van der Waals surface area contributed by atoms with E-state index in [-0.39, 0.29) is 12.1 Å². The summed E-state index contributed by atoms with van der Waals surface area (Å²) >= 11 is 0. The van der Waals surface area contributed by atoms with Gasteiger partial charge in [-0.15, -0.1) is 0 Å². The molecule has 4 heteroatoms. The van der Waals surface area contributed by atoms with Gasteiger partial charge >= 0.3 is 0 Å². The molecule has 3 aliphatic carbocycles. The molecule has 0 saturated carbocycles. The average Bonchev–Trinajstić information content (AvgIpc) is 3.77. The predicted octanol–water partition coefficient (Wildman–Crippen LogP) is 14.1. The lowest BCUT2D eigenvalue weighted by molar-refractivity contribution is 0.701. The Morgan fingerprint density at radius 3 is 2.00 bits per heavy atom. The smallest absolute Gasteiger partial charge is 0.0739 e. The standard InChI is InChI=1S/C57H54N4/c1-58-55-18-10-8-12-48(55)28-22-43-24-36-53(37-25-43)61(52-16-6-3-7-17-52)54-38-34-47(35-39-54)46-32-30-45(31-33-46)44-26-20-42(21-27-44)23-29-50(41-59-51-14-4-2-5-15-51)57-40-49-13-9-11-19-56(49)60-57/h2-4,6-8,10-12,14,16-17,19-21,23-27,29-39,41,55,57,59-60H,1,5,9,13,15,18,22,28,40H2/b29-23-,50-41+. The largest absolute Gasteiger partial charge is 0.378 e. The van der Waals surface area contributed by atoms with Gasteiger partial charge in [0.1, 0.15) is 0 Å². The number of nitrogens with one attached hydrogen (secondary N) is 2. The average molecular weight is 795 g/mol. The molecule has 0 fully saturated rings. The van der Waals surface area contributed by atoms with E-state index < -0.39 is 0 Å². The maximum atomic E-state index is 4.34. The first kappa shape index (κ1) is 39.5. The normalized spacial score (nSPS) is 18.4. The summed E-state index contributed by atoms with van der Waals surface area (Å²) in [6.45, 7) is 3.81. The number of anilines is 3. The maximum Gasteiger partial charge on any atom is 0.0739 e. The SMILES string of the molecule is C=NC1CC=CC=C1CCc1ccc(N(c2ccccc2)c2ccc(-c3ccc(-c4ccc(/C=C\C(=C/NC5=CC=CCC5)C5CC6=C(C=CCC6)N5)cc4)cc3)cc2)cc1. The Bertz CT molecular complexity index is 2560. The number of allylic oxidation sites excluding steroid dienone is 8. The summed E-state index contributed by atoms with van der Waals surface area (Å²) in [6, 6.07) is 46.9. The van der Waals surface area contributed by atoms with Gasteiger partial charge < -0.3 is 15.5 Å². The molecule has 0 saturated heterocycles. The van der Waals surface area contributed by atoms with Crippen LogP contribution in [-0.2, 0) is 6.42 Å². The van der Waals surface area contributed by atoms with Crippen LogP contribution in [0.1, 0.15) is 56.1 Å². The van der Waals surface area contributed by atoms with E-state index in [1.54, 1.807) is 5.57 Å². The van der Waals surface area contributed by atoms with Crippen molar-refractivity contribution in [2.45, 2.75) is 63.5 Å². The molecule has 5 aromatic carbocycles. The minimum Gasteiger partial charge on any atom is -0.378 e. The fraction of sp³-hybridized carbons (Fsp3) is 0.175. The number of hydrogen-bond acceptors (Lipinski definition) is 4. The van der Waals surface area contributed by atoms with Gasteiger partial charge in [0.15, 0.2) is 0 Å². The van der Waals surface area contributed by atoms with Crippen molar-refractivity contribution in [1.29, 1.82) is 0 Å². The third kappa shape index (κ3) is 9.61. The van der Waals surface area contributed by atoms with Gasteiger partial charge in [-0.25, -0.2) is 0 Å². The van der Waals surface area contributed by atoms with Crippen LogP contribution in [0.2, 0.25) is 0 Å². The van der Waals surface area contributed by atoms with Crippen LogP contribution in [0, 0.1) is 0 Å². The first-order valence-electron chi connectivity index (χ1n) is 21.9. The van der Waals surface area contributed by atoms with Crippen LogP contribution in [-0.4, -0.2) is 18.8 Å². The number of nitrogens with zero attached hydrogens (tertiary/aromatic N) is 2. The van der Waals surface area contributed by atoms with Gasteiger partial charge in [-0.05, 0) is 157 Å². The third-order valence-corrected chi connectivity index (χ3v) is 12.3. The molecule has 0 aromatic heterocycles. The van der Waals surface area contributed by atoms with Gasteiger partial charge in [0.25, 0.3) is 0 Å². The second kappa shape index (κ2) is 19.0. The molecule has 1 heterocycles. The highest BCUT2D eigenvalue weighted by Gasteiger charge is 2.25. The lowest BCUT2D eigenvalue weighted by Gasteiger charge is -2.26. The Hall–Kier alpha value is -6.91. The molecule has 9 rings (SSSR count). The Morgan fingerprint density at radius 2 is 1.33 bits per heavy atom. The van der Waals surface area contributed by atoms with Crippen molar-refractivity contribution in [3.8, 4) is 22.3 Å². The number of hydrogen-bond donors (Lipinski definition) is 2. The van der Waals surface area contributed by atoms with Crippen molar-refractivity contribution in [2.75, 3.05) is 4.90 Å². The van der Waals surface area contributed by atoms with E-state index in [1.807, 2.05) is 0 Å². The van der Waals surface area contributed by atoms with Crippen LogP contribution in [0.15, 0.2) is 221 Å². The highest BCUT2D eigenvalue weighted by Crippen LogP contribution is 2.37. The topological polar surface area (TPSA) is 39.7 Å². The van der Waals surface area contributed by atoms with Crippen molar-refractivity contribution in [2.24, 2.45) is 4.99 Å². The molecule has 61 heavy (non-hydrogen) atoms. The van der Waals surface area contributed by atoms with Crippen LogP contribution in [0.4, 0.5) is 17.1 Å². The molecule has 0 radical (unpaired) electrons. The van der Waals surface area contributed by atoms with E-state index in [0.717, 1.165) is 68.4 Å². The monoisotopic (exact) mass is 794 g/mol. The van der Waals surface area contributed by atoms with Gasteiger partial charge in [-0.3, -0.25) is 4.99 Å². The Morgan fingerprint density at radius 1 is 0.689 bits per heavy atom. The summed E-state index contributed by atoms with van der Waals surface area (Å²) in [5, 5.41) is 7.40. The van der Waals surface area contributed by atoms with Crippen molar-refractivity contribution >= 4 is 29.9 Å². The Labute approximate surface area is 362 Å². The summed E-state index contributed by atoms with van der Waals surface area (Å²) in [5.74, 6) is 0. The number of para-hydroxylation sites is 1. The third-order valence-electron chi connectivity index (χ3n) is 12.3. The number of rotatable bonds is 14. The van der Waals surface area contributed by atoms with E-state index in [4.69, 9.17) is 0 Å². The zero-order valence-corrected chi connectivity index (χ0v) is 34.9. The number of aliphatic imine (C=N–C) groups is 1.